The Labute approximate surface area is 318 Å². The third kappa shape index (κ3) is 12.6. The maximum atomic E-state index is 13.3. The van der Waals surface area contributed by atoms with Crippen molar-refractivity contribution in [3.8, 4) is 11.1 Å². The average molecular weight is 772 g/mol. The number of nitrogens with two attached hydrogens (primary N) is 2. The number of rotatable bonds is 21. The van der Waals surface area contributed by atoms with E-state index in [0.29, 0.717) is 30.0 Å². The number of aliphatic hydroxyl groups is 1. The molecule has 0 spiro atoms. The highest BCUT2D eigenvalue weighted by Gasteiger charge is 2.48. The molecule has 8 atom stereocenters. The van der Waals surface area contributed by atoms with Crippen LogP contribution in [0.1, 0.15) is 56.8 Å². The zero-order valence-corrected chi connectivity index (χ0v) is 31.2. The molecule has 2 aromatic rings. The molecular weight excluding hydrogens is 722 g/mol. The highest BCUT2D eigenvalue weighted by atomic mass is 35.5. The van der Waals surface area contributed by atoms with Crippen LogP contribution >= 0.6 is 11.6 Å². The van der Waals surface area contributed by atoms with Crippen LogP contribution in [-0.2, 0) is 28.7 Å². The molecule has 2 unspecified atom stereocenters. The quantitative estimate of drug-likeness (QED) is 0.0475. The van der Waals surface area contributed by atoms with Gasteiger partial charge >= 0.3 is 5.97 Å². The van der Waals surface area contributed by atoms with E-state index in [4.69, 9.17) is 32.9 Å². The summed E-state index contributed by atoms with van der Waals surface area (Å²) in [4.78, 5) is 77.3. The maximum absolute atomic E-state index is 13.3. The van der Waals surface area contributed by atoms with Gasteiger partial charge in [-0.05, 0) is 101 Å². The van der Waals surface area contributed by atoms with Crippen molar-refractivity contribution in [2.24, 2.45) is 11.5 Å². The Morgan fingerprint density at radius 3 is 1.81 bits per heavy atom. The number of nitrogens with one attached hydrogen (secondary N) is 5. The molecule has 1 fully saturated rings. The first-order chi connectivity index (χ1) is 25.6. The van der Waals surface area contributed by atoms with Crippen molar-refractivity contribution in [2.45, 2.75) is 95.0 Å². The lowest BCUT2D eigenvalue weighted by Crippen LogP contribution is -2.60. The van der Waals surface area contributed by atoms with Crippen molar-refractivity contribution >= 4 is 47.1 Å². The van der Waals surface area contributed by atoms with Crippen LogP contribution in [0.25, 0.3) is 11.1 Å². The molecule has 16 nitrogen and oxygen atoms in total. The summed E-state index contributed by atoms with van der Waals surface area (Å²) in [5.41, 5.74) is 13.7. The van der Waals surface area contributed by atoms with Crippen molar-refractivity contribution in [2.75, 3.05) is 13.1 Å². The number of epoxide rings is 1. The summed E-state index contributed by atoms with van der Waals surface area (Å²) in [6, 6.07) is 8.23. The smallest absolute Gasteiger partial charge is 0.335 e. The number of ether oxygens (including phenoxy) is 1. The fraction of sp³-hybridized carbons (Fsp3) is 0.459. The SMILES string of the molecule is C=C(C1OC1C(=O)O)[C@H](C)NC(=O)[C@H](CCCCN)NC(=O)[C@H](C)NC(=O)[C@@H](NC(=O)[C@H](CCN)NC(=O)c1ccc(-c2ccc(Cl)cc2)cc1)[C@@H](C)O. The van der Waals surface area contributed by atoms with Crippen molar-refractivity contribution < 1.29 is 43.7 Å². The van der Waals surface area contributed by atoms with Crippen molar-refractivity contribution in [3.05, 3.63) is 71.3 Å². The fourth-order valence-electron chi connectivity index (χ4n) is 5.45. The summed E-state index contributed by atoms with van der Waals surface area (Å²) >= 11 is 5.97. The van der Waals surface area contributed by atoms with E-state index in [0.717, 1.165) is 11.1 Å². The number of hydrogen-bond acceptors (Lipinski definition) is 10. The second-order valence-electron chi connectivity index (χ2n) is 13.1. The molecule has 2 aromatic carbocycles. The summed E-state index contributed by atoms with van der Waals surface area (Å²) in [6.45, 7) is 8.45. The van der Waals surface area contributed by atoms with Gasteiger partial charge in [0.15, 0.2) is 6.10 Å². The molecule has 1 aliphatic rings. The van der Waals surface area contributed by atoms with Crippen LogP contribution in [0.4, 0.5) is 0 Å². The number of carbonyl (C=O) groups is 6. The van der Waals surface area contributed by atoms with Gasteiger partial charge in [0.05, 0.1) is 6.10 Å². The van der Waals surface area contributed by atoms with Crippen LogP contribution in [-0.4, -0.2) is 107 Å². The number of carboxylic acid groups (broad SMARTS) is 1. The Bertz CT molecular complexity index is 1660. The first kappa shape index (κ1) is 43.5. The molecule has 11 N–H and O–H groups in total. The lowest BCUT2D eigenvalue weighted by atomic mass is 10.0. The van der Waals surface area contributed by atoms with E-state index in [1.54, 1.807) is 43.3 Å². The monoisotopic (exact) mass is 771 g/mol. The van der Waals surface area contributed by atoms with Gasteiger partial charge in [-0.2, -0.15) is 0 Å². The van der Waals surface area contributed by atoms with Gasteiger partial charge in [0.2, 0.25) is 23.6 Å². The number of carboxylic acids is 1. The normalized spacial score (nSPS) is 18.1. The largest absolute Gasteiger partial charge is 0.479 e. The van der Waals surface area contributed by atoms with E-state index < -0.39 is 84.0 Å². The first-order valence-electron chi connectivity index (χ1n) is 17.6. The fourth-order valence-corrected chi connectivity index (χ4v) is 5.58. The highest BCUT2D eigenvalue weighted by Crippen LogP contribution is 2.30. The molecule has 5 amide bonds. The number of benzene rings is 2. The number of unbranched alkanes of at least 4 members (excludes halogenated alkanes) is 1. The standard InChI is InChI=1S/C37H50ClN7O9/c1-19(30-31(54-30)37(52)53)20(2)41-34(49)27(7-5-6-17-39)43-32(47)21(3)42-36(51)29(22(4)46)45-35(50)28(16-18-40)44-33(48)25-10-8-23(9-11-25)24-12-14-26(38)15-13-24/h8-15,20-22,27-31,46H,1,5-7,16-18,39-40H2,2-4H3,(H,41,49)(H,42,51)(H,43,47)(H,44,48)(H,45,50)(H,52,53)/t20-,21-,22+,27-,28-,29-,30?,31?/m0/s1. The Kier molecular flexibility index (Phi) is 16.6. The average Bonchev–Trinajstić information content (AvgIpc) is 3.94. The predicted molar refractivity (Wildman–Crippen MR) is 201 cm³/mol. The minimum Gasteiger partial charge on any atom is -0.479 e. The van der Waals surface area contributed by atoms with E-state index in [2.05, 4.69) is 33.2 Å². The van der Waals surface area contributed by atoms with Crippen LogP contribution in [0.5, 0.6) is 0 Å². The molecule has 54 heavy (non-hydrogen) atoms. The molecule has 1 heterocycles. The van der Waals surface area contributed by atoms with Gasteiger partial charge < -0.3 is 53.0 Å². The summed E-state index contributed by atoms with van der Waals surface area (Å²) in [5.74, 6) is -4.70. The van der Waals surface area contributed by atoms with Gasteiger partial charge in [-0.3, -0.25) is 24.0 Å². The van der Waals surface area contributed by atoms with Gasteiger partial charge in [-0.15, -0.1) is 0 Å². The minimum absolute atomic E-state index is 0.0146. The van der Waals surface area contributed by atoms with Crippen LogP contribution in [0, 0.1) is 0 Å². The molecule has 0 aromatic heterocycles. The van der Waals surface area contributed by atoms with Crippen LogP contribution in [0.15, 0.2) is 60.7 Å². The number of hydrogen-bond donors (Lipinski definition) is 9. The number of carbonyl (C=O) groups excluding carboxylic acids is 5. The second kappa shape index (κ2) is 20.5. The third-order valence-corrected chi connectivity index (χ3v) is 9.06. The second-order valence-corrected chi connectivity index (χ2v) is 13.5. The number of aliphatic carboxylic acids is 1. The van der Waals surface area contributed by atoms with E-state index in [9.17, 15) is 33.9 Å². The van der Waals surface area contributed by atoms with E-state index in [1.807, 2.05) is 12.1 Å². The molecule has 1 saturated heterocycles. The van der Waals surface area contributed by atoms with Crippen LogP contribution in [0.3, 0.4) is 0 Å². The van der Waals surface area contributed by atoms with Gasteiger partial charge in [-0.1, -0.05) is 42.4 Å². The lowest BCUT2D eigenvalue weighted by Gasteiger charge is -2.27. The molecule has 1 aliphatic heterocycles. The summed E-state index contributed by atoms with van der Waals surface area (Å²) in [6.07, 6.45) is -1.92. The molecule has 0 aliphatic carbocycles. The molecule has 17 heteroatoms. The summed E-state index contributed by atoms with van der Waals surface area (Å²) in [5, 5.41) is 33.0. The van der Waals surface area contributed by atoms with Gasteiger partial charge in [0.25, 0.3) is 5.91 Å². The Hall–Kier alpha value is -4.87. The highest BCUT2D eigenvalue weighted by molar-refractivity contribution is 6.30. The maximum Gasteiger partial charge on any atom is 0.335 e. The molecule has 3 rings (SSSR count). The number of halogens is 1. The lowest BCUT2D eigenvalue weighted by molar-refractivity contribution is -0.138. The van der Waals surface area contributed by atoms with Gasteiger partial charge in [-0.25, -0.2) is 4.79 Å². The van der Waals surface area contributed by atoms with Crippen LogP contribution < -0.4 is 38.1 Å². The van der Waals surface area contributed by atoms with Crippen molar-refractivity contribution in [1.29, 1.82) is 0 Å². The molecule has 294 valence electrons. The van der Waals surface area contributed by atoms with Crippen molar-refractivity contribution in [3.63, 3.8) is 0 Å². The predicted octanol–water partition coefficient (Wildman–Crippen LogP) is 0.351. The topological polar surface area (TPSA) is 268 Å². The van der Waals surface area contributed by atoms with Gasteiger partial charge in [0, 0.05) is 16.6 Å². The number of aliphatic hydroxyl groups excluding tert-OH is 1. The molecule has 0 saturated carbocycles. The molecular formula is C37H50ClN7O9. The Morgan fingerprint density at radius 1 is 0.722 bits per heavy atom. The molecule has 0 radical (unpaired) electrons. The number of amides is 5. The Morgan fingerprint density at radius 2 is 1.28 bits per heavy atom. The summed E-state index contributed by atoms with van der Waals surface area (Å²) in [7, 11) is 0. The van der Waals surface area contributed by atoms with E-state index >= 15 is 0 Å². The third-order valence-electron chi connectivity index (χ3n) is 8.81. The summed E-state index contributed by atoms with van der Waals surface area (Å²) < 4.78 is 5.11. The Balaban J connectivity index is 1.61. The van der Waals surface area contributed by atoms with Crippen molar-refractivity contribution in [1.82, 2.24) is 26.6 Å². The zero-order chi connectivity index (χ0) is 40.1. The zero-order valence-electron chi connectivity index (χ0n) is 30.5. The minimum atomic E-state index is -1.53. The van der Waals surface area contributed by atoms with E-state index in [-0.39, 0.29) is 24.9 Å². The molecule has 0 bridgehead atoms. The first-order valence-corrected chi connectivity index (χ1v) is 18.0. The van der Waals surface area contributed by atoms with E-state index in [1.165, 1.54) is 13.8 Å². The van der Waals surface area contributed by atoms with Gasteiger partial charge in [0.1, 0.15) is 30.3 Å². The van der Waals surface area contributed by atoms with Crippen LogP contribution in [0.2, 0.25) is 5.02 Å².